The molecule has 0 aliphatic carbocycles. The molecule has 0 spiro atoms. The molecule has 18 heavy (non-hydrogen) atoms. The molecule has 2 N–H and O–H groups in total. The SMILES string of the molecule is COc1ccc(C(C)NCCC(=O)O)cc1OC. The fourth-order valence-corrected chi connectivity index (χ4v) is 1.64. The van der Waals surface area contributed by atoms with Gasteiger partial charge in [0, 0.05) is 12.6 Å². The molecule has 5 nitrogen and oxygen atoms in total. The summed E-state index contributed by atoms with van der Waals surface area (Å²) in [6.45, 7) is 2.41. The molecule has 100 valence electrons. The van der Waals surface area contributed by atoms with Crippen LogP contribution in [0.2, 0.25) is 0 Å². The second-order valence-corrected chi connectivity index (χ2v) is 3.93. The Morgan fingerprint density at radius 1 is 1.33 bits per heavy atom. The molecular weight excluding hydrogens is 234 g/mol. The average molecular weight is 253 g/mol. The highest BCUT2D eigenvalue weighted by molar-refractivity contribution is 5.66. The number of rotatable bonds is 7. The second kappa shape index (κ2) is 6.86. The number of methoxy groups -OCH3 is 2. The maximum atomic E-state index is 10.4. The molecular formula is C13H19NO4. The van der Waals surface area contributed by atoms with Gasteiger partial charge in [-0.15, -0.1) is 0 Å². The van der Waals surface area contributed by atoms with Gasteiger partial charge in [-0.2, -0.15) is 0 Å². The van der Waals surface area contributed by atoms with Gasteiger partial charge in [0.25, 0.3) is 0 Å². The first-order chi connectivity index (χ1) is 8.58. The van der Waals surface area contributed by atoms with Crippen LogP contribution in [0.5, 0.6) is 11.5 Å². The van der Waals surface area contributed by atoms with Gasteiger partial charge in [0.05, 0.1) is 20.6 Å². The molecule has 0 saturated heterocycles. The van der Waals surface area contributed by atoms with E-state index >= 15 is 0 Å². The van der Waals surface area contributed by atoms with Crippen LogP contribution in [-0.2, 0) is 4.79 Å². The number of carboxylic acid groups (broad SMARTS) is 1. The van der Waals surface area contributed by atoms with Gasteiger partial charge < -0.3 is 19.9 Å². The van der Waals surface area contributed by atoms with Crippen molar-refractivity contribution in [2.75, 3.05) is 20.8 Å². The Bertz CT molecular complexity index is 406. The van der Waals surface area contributed by atoms with E-state index in [2.05, 4.69) is 5.32 Å². The van der Waals surface area contributed by atoms with Gasteiger partial charge >= 0.3 is 5.97 Å². The zero-order valence-electron chi connectivity index (χ0n) is 10.9. The van der Waals surface area contributed by atoms with E-state index in [1.165, 1.54) is 0 Å². The molecule has 0 amide bonds. The zero-order valence-corrected chi connectivity index (χ0v) is 10.9. The number of hydrogen-bond acceptors (Lipinski definition) is 4. The van der Waals surface area contributed by atoms with Crippen LogP contribution >= 0.6 is 0 Å². The van der Waals surface area contributed by atoms with Crippen LogP contribution in [0.25, 0.3) is 0 Å². The third kappa shape index (κ3) is 3.92. The molecule has 0 heterocycles. The third-order valence-electron chi connectivity index (χ3n) is 2.70. The Morgan fingerprint density at radius 3 is 2.56 bits per heavy atom. The van der Waals surface area contributed by atoms with Gasteiger partial charge in [0.2, 0.25) is 0 Å². The lowest BCUT2D eigenvalue weighted by atomic mass is 10.1. The first kappa shape index (κ1) is 14.3. The van der Waals surface area contributed by atoms with Crippen molar-refractivity contribution in [3.8, 4) is 11.5 Å². The van der Waals surface area contributed by atoms with Crippen molar-refractivity contribution in [2.24, 2.45) is 0 Å². The Morgan fingerprint density at radius 2 is 2.00 bits per heavy atom. The number of hydrogen-bond donors (Lipinski definition) is 2. The zero-order chi connectivity index (χ0) is 13.5. The summed E-state index contributed by atoms with van der Waals surface area (Å²) < 4.78 is 10.4. The van der Waals surface area contributed by atoms with Crippen LogP contribution in [0.1, 0.15) is 24.9 Å². The molecule has 0 aliphatic rings. The van der Waals surface area contributed by atoms with E-state index in [4.69, 9.17) is 14.6 Å². The number of carbonyl (C=O) groups is 1. The third-order valence-corrected chi connectivity index (χ3v) is 2.70. The molecule has 1 rings (SSSR count). The normalized spacial score (nSPS) is 11.9. The molecule has 0 aliphatic heterocycles. The van der Waals surface area contributed by atoms with Crippen LogP contribution in [0.15, 0.2) is 18.2 Å². The van der Waals surface area contributed by atoms with Crippen molar-refractivity contribution >= 4 is 5.97 Å². The molecule has 1 unspecified atom stereocenters. The first-order valence-electron chi connectivity index (χ1n) is 5.75. The lowest BCUT2D eigenvalue weighted by Gasteiger charge is -2.16. The molecule has 0 fully saturated rings. The standard InChI is InChI=1S/C13H19NO4/c1-9(14-7-6-13(15)16)10-4-5-11(17-2)12(8-10)18-3/h4-5,8-9,14H,6-7H2,1-3H3,(H,15,16). The van der Waals surface area contributed by atoms with E-state index in [0.717, 1.165) is 5.56 Å². The summed E-state index contributed by atoms with van der Waals surface area (Å²) in [5.41, 5.74) is 1.03. The van der Waals surface area contributed by atoms with Crippen molar-refractivity contribution in [2.45, 2.75) is 19.4 Å². The molecule has 0 aromatic heterocycles. The van der Waals surface area contributed by atoms with E-state index in [1.807, 2.05) is 25.1 Å². The monoisotopic (exact) mass is 253 g/mol. The molecule has 1 atom stereocenters. The Hall–Kier alpha value is -1.75. The van der Waals surface area contributed by atoms with Gasteiger partial charge in [-0.25, -0.2) is 0 Å². The number of benzene rings is 1. The quantitative estimate of drug-likeness (QED) is 0.776. The highest BCUT2D eigenvalue weighted by Crippen LogP contribution is 2.29. The molecule has 0 saturated carbocycles. The summed E-state index contributed by atoms with van der Waals surface area (Å²) in [5, 5.41) is 11.7. The number of ether oxygens (including phenoxy) is 2. The highest BCUT2D eigenvalue weighted by Gasteiger charge is 2.10. The van der Waals surface area contributed by atoms with Gasteiger partial charge in [-0.1, -0.05) is 6.07 Å². The van der Waals surface area contributed by atoms with E-state index in [1.54, 1.807) is 14.2 Å². The van der Waals surface area contributed by atoms with E-state index in [0.29, 0.717) is 18.0 Å². The van der Waals surface area contributed by atoms with Crippen LogP contribution in [0, 0.1) is 0 Å². The smallest absolute Gasteiger partial charge is 0.304 e. The summed E-state index contributed by atoms with van der Waals surface area (Å²) in [6, 6.07) is 5.71. The minimum Gasteiger partial charge on any atom is -0.493 e. The fraction of sp³-hybridized carbons (Fsp3) is 0.462. The van der Waals surface area contributed by atoms with Crippen molar-refractivity contribution in [3.63, 3.8) is 0 Å². The minimum absolute atomic E-state index is 0.0594. The largest absolute Gasteiger partial charge is 0.493 e. The van der Waals surface area contributed by atoms with Crippen molar-refractivity contribution in [1.29, 1.82) is 0 Å². The fourth-order valence-electron chi connectivity index (χ4n) is 1.64. The second-order valence-electron chi connectivity index (χ2n) is 3.93. The van der Waals surface area contributed by atoms with Crippen LogP contribution < -0.4 is 14.8 Å². The lowest BCUT2D eigenvalue weighted by Crippen LogP contribution is -2.21. The predicted molar refractivity (Wildman–Crippen MR) is 68.2 cm³/mol. The first-order valence-corrected chi connectivity index (χ1v) is 5.75. The highest BCUT2D eigenvalue weighted by atomic mass is 16.5. The van der Waals surface area contributed by atoms with Gasteiger partial charge in [0.15, 0.2) is 11.5 Å². The maximum absolute atomic E-state index is 10.4. The average Bonchev–Trinajstić information content (AvgIpc) is 2.37. The summed E-state index contributed by atoms with van der Waals surface area (Å²) in [4.78, 5) is 10.4. The summed E-state index contributed by atoms with van der Waals surface area (Å²) in [7, 11) is 3.18. The molecule has 1 aromatic carbocycles. The predicted octanol–water partition coefficient (Wildman–Crippen LogP) is 1.83. The molecule has 5 heteroatoms. The van der Waals surface area contributed by atoms with Crippen molar-refractivity contribution < 1.29 is 19.4 Å². The molecule has 1 aromatic rings. The number of nitrogens with one attached hydrogen (secondary N) is 1. The topological polar surface area (TPSA) is 67.8 Å². The Kier molecular flexibility index (Phi) is 5.45. The van der Waals surface area contributed by atoms with Crippen LogP contribution in [0.3, 0.4) is 0 Å². The molecule has 0 bridgehead atoms. The number of carboxylic acids is 1. The Labute approximate surface area is 107 Å². The van der Waals surface area contributed by atoms with E-state index < -0.39 is 5.97 Å². The van der Waals surface area contributed by atoms with Gasteiger partial charge in [0.1, 0.15) is 0 Å². The van der Waals surface area contributed by atoms with Gasteiger partial charge in [-0.05, 0) is 24.6 Å². The Balaban J connectivity index is 2.67. The molecule has 0 radical (unpaired) electrons. The lowest BCUT2D eigenvalue weighted by molar-refractivity contribution is -0.136. The minimum atomic E-state index is -0.804. The van der Waals surface area contributed by atoms with Crippen LogP contribution in [0.4, 0.5) is 0 Å². The van der Waals surface area contributed by atoms with Crippen molar-refractivity contribution in [3.05, 3.63) is 23.8 Å². The summed E-state index contributed by atoms with van der Waals surface area (Å²) >= 11 is 0. The van der Waals surface area contributed by atoms with E-state index in [-0.39, 0.29) is 12.5 Å². The maximum Gasteiger partial charge on any atom is 0.304 e. The van der Waals surface area contributed by atoms with Gasteiger partial charge in [-0.3, -0.25) is 4.79 Å². The summed E-state index contributed by atoms with van der Waals surface area (Å²) in [6.07, 6.45) is 0.109. The van der Waals surface area contributed by atoms with Crippen molar-refractivity contribution in [1.82, 2.24) is 5.32 Å². The number of aliphatic carboxylic acids is 1. The summed E-state index contributed by atoms with van der Waals surface area (Å²) in [5.74, 6) is 0.544. The van der Waals surface area contributed by atoms with Crippen LogP contribution in [-0.4, -0.2) is 31.8 Å². The van der Waals surface area contributed by atoms with E-state index in [9.17, 15) is 4.79 Å².